The number of aliphatic hydroxyl groups excluding tert-OH is 1. The van der Waals surface area contributed by atoms with Crippen molar-refractivity contribution in [3.8, 4) is 0 Å². The van der Waals surface area contributed by atoms with Gasteiger partial charge in [-0.2, -0.15) is 0 Å². The van der Waals surface area contributed by atoms with Gasteiger partial charge >= 0.3 is 6.03 Å². The van der Waals surface area contributed by atoms with E-state index >= 15 is 0 Å². The van der Waals surface area contributed by atoms with Gasteiger partial charge in [0, 0.05) is 24.8 Å². The molecule has 1 aliphatic rings. The zero-order valence-electron chi connectivity index (χ0n) is 11.3. The lowest BCUT2D eigenvalue weighted by Crippen LogP contribution is -2.44. The van der Waals surface area contributed by atoms with Crippen molar-refractivity contribution in [1.29, 1.82) is 0 Å². The van der Waals surface area contributed by atoms with Crippen LogP contribution in [0.15, 0.2) is 24.3 Å². The number of nitrogens with zero attached hydrogens (tertiary/aromatic N) is 1. The number of aliphatic hydroxyl groups is 1. The highest BCUT2D eigenvalue weighted by molar-refractivity contribution is 5.89. The Labute approximate surface area is 117 Å². The first-order valence-corrected chi connectivity index (χ1v) is 6.85. The summed E-state index contributed by atoms with van der Waals surface area (Å²) in [7, 11) is 0. The van der Waals surface area contributed by atoms with Gasteiger partial charge < -0.3 is 20.6 Å². The monoisotopic (exact) mass is 281 g/mol. The van der Waals surface area contributed by atoms with Crippen LogP contribution in [0.4, 0.5) is 14.9 Å². The minimum Gasteiger partial charge on any atom is -0.395 e. The fraction of sp³-hybridized carbons (Fsp3) is 0.500. The summed E-state index contributed by atoms with van der Waals surface area (Å²) >= 11 is 0. The molecule has 1 aliphatic heterocycles. The van der Waals surface area contributed by atoms with E-state index in [-0.39, 0.29) is 31.0 Å². The molecule has 1 fully saturated rings. The smallest absolute Gasteiger partial charge is 0.321 e. The molecule has 2 rings (SSSR count). The molecule has 0 radical (unpaired) electrons. The molecule has 1 unspecified atom stereocenters. The summed E-state index contributed by atoms with van der Waals surface area (Å²) in [5, 5.41) is 15.1. The number of halogens is 1. The van der Waals surface area contributed by atoms with Gasteiger partial charge in [-0.1, -0.05) is 0 Å². The van der Waals surface area contributed by atoms with Crippen molar-refractivity contribution in [2.45, 2.75) is 18.9 Å². The summed E-state index contributed by atoms with van der Waals surface area (Å²) in [5.74, 6) is -0.342. The van der Waals surface area contributed by atoms with E-state index < -0.39 is 0 Å². The van der Waals surface area contributed by atoms with Crippen molar-refractivity contribution in [3.63, 3.8) is 0 Å². The number of benzene rings is 1. The minimum absolute atomic E-state index is 0.0798. The van der Waals surface area contributed by atoms with Gasteiger partial charge in [0.1, 0.15) is 5.82 Å². The van der Waals surface area contributed by atoms with Crippen molar-refractivity contribution >= 4 is 11.7 Å². The highest BCUT2D eigenvalue weighted by Gasteiger charge is 2.21. The van der Waals surface area contributed by atoms with E-state index in [0.717, 1.165) is 19.4 Å². The topological polar surface area (TPSA) is 64.6 Å². The van der Waals surface area contributed by atoms with Crippen molar-refractivity contribution in [1.82, 2.24) is 10.2 Å². The third-order valence-corrected chi connectivity index (χ3v) is 3.36. The van der Waals surface area contributed by atoms with Crippen LogP contribution in [0, 0.1) is 5.82 Å². The predicted molar refractivity (Wildman–Crippen MR) is 75.1 cm³/mol. The molecule has 1 atom stereocenters. The van der Waals surface area contributed by atoms with Crippen LogP contribution in [0.5, 0.6) is 0 Å². The minimum atomic E-state index is -0.342. The van der Waals surface area contributed by atoms with Gasteiger partial charge in [0.25, 0.3) is 0 Å². The summed E-state index contributed by atoms with van der Waals surface area (Å²) in [6.07, 6.45) is 2.14. The Morgan fingerprint density at radius 1 is 1.45 bits per heavy atom. The summed E-state index contributed by atoms with van der Waals surface area (Å²) in [6.45, 7) is 1.74. The molecular weight excluding hydrogens is 261 g/mol. The van der Waals surface area contributed by atoms with E-state index in [1.807, 2.05) is 0 Å². The number of nitrogens with one attached hydrogen (secondary N) is 2. The fourth-order valence-electron chi connectivity index (χ4n) is 2.31. The normalized spacial score (nSPS) is 18.0. The third-order valence-electron chi connectivity index (χ3n) is 3.36. The largest absolute Gasteiger partial charge is 0.395 e. The first-order chi connectivity index (χ1) is 9.69. The quantitative estimate of drug-likeness (QED) is 0.764. The molecule has 3 N–H and O–H groups in total. The summed E-state index contributed by atoms with van der Waals surface area (Å²) in [5.41, 5.74) is 0.540. The number of urea groups is 1. The SMILES string of the molecule is O=C(Nc1ccc(F)cc1)N(CCO)CC1CCCN1. The van der Waals surface area contributed by atoms with Gasteiger partial charge in [0.2, 0.25) is 0 Å². The van der Waals surface area contributed by atoms with Crippen molar-refractivity contribution in [2.24, 2.45) is 0 Å². The zero-order chi connectivity index (χ0) is 14.4. The Morgan fingerprint density at radius 3 is 2.80 bits per heavy atom. The van der Waals surface area contributed by atoms with Crippen LogP contribution in [0.2, 0.25) is 0 Å². The Kier molecular flexibility index (Phi) is 5.31. The van der Waals surface area contributed by atoms with Crippen LogP contribution >= 0.6 is 0 Å². The number of carbonyl (C=O) groups is 1. The molecule has 0 spiro atoms. The Morgan fingerprint density at radius 2 is 2.20 bits per heavy atom. The second-order valence-corrected chi connectivity index (χ2v) is 4.90. The summed E-state index contributed by atoms with van der Waals surface area (Å²) < 4.78 is 12.8. The van der Waals surface area contributed by atoms with Gasteiger partial charge in [0.05, 0.1) is 6.61 Å². The third kappa shape index (κ3) is 4.18. The Hall–Kier alpha value is -1.66. The molecule has 1 aromatic carbocycles. The lowest BCUT2D eigenvalue weighted by Gasteiger charge is -2.25. The van der Waals surface area contributed by atoms with Crippen LogP contribution in [0.1, 0.15) is 12.8 Å². The van der Waals surface area contributed by atoms with Crippen LogP contribution in [-0.2, 0) is 0 Å². The fourth-order valence-corrected chi connectivity index (χ4v) is 2.31. The molecule has 1 saturated heterocycles. The second kappa shape index (κ2) is 7.21. The molecule has 1 heterocycles. The first kappa shape index (κ1) is 14.7. The molecular formula is C14H20FN3O2. The lowest BCUT2D eigenvalue weighted by molar-refractivity contribution is 0.182. The number of carbonyl (C=O) groups excluding carboxylic acids is 1. The average Bonchev–Trinajstić information content (AvgIpc) is 2.94. The lowest BCUT2D eigenvalue weighted by atomic mass is 10.2. The van der Waals surface area contributed by atoms with Gasteiger partial charge in [-0.05, 0) is 43.7 Å². The Bertz CT molecular complexity index is 433. The van der Waals surface area contributed by atoms with Crippen LogP contribution in [0.25, 0.3) is 0 Å². The van der Waals surface area contributed by atoms with Gasteiger partial charge in [-0.15, -0.1) is 0 Å². The maximum absolute atomic E-state index is 12.8. The van der Waals surface area contributed by atoms with Crippen LogP contribution < -0.4 is 10.6 Å². The molecule has 0 aromatic heterocycles. The summed E-state index contributed by atoms with van der Waals surface area (Å²) in [6, 6.07) is 5.62. The summed E-state index contributed by atoms with van der Waals surface area (Å²) in [4.78, 5) is 13.7. The van der Waals surface area contributed by atoms with E-state index in [1.54, 1.807) is 4.90 Å². The molecule has 0 aliphatic carbocycles. The zero-order valence-corrected chi connectivity index (χ0v) is 11.3. The van der Waals surface area contributed by atoms with Crippen molar-refractivity contribution < 1.29 is 14.3 Å². The number of amides is 2. The van der Waals surface area contributed by atoms with E-state index in [2.05, 4.69) is 10.6 Å². The highest BCUT2D eigenvalue weighted by Crippen LogP contribution is 2.11. The van der Waals surface area contributed by atoms with Gasteiger partial charge in [-0.25, -0.2) is 9.18 Å². The van der Waals surface area contributed by atoms with E-state index in [4.69, 9.17) is 5.11 Å². The number of anilines is 1. The van der Waals surface area contributed by atoms with E-state index in [1.165, 1.54) is 24.3 Å². The number of rotatable bonds is 5. The van der Waals surface area contributed by atoms with Gasteiger partial charge in [-0.3, -0.25) is 0 Å². The van der Waals surface area contributed by atoms with Gasteiger partial charge in [0.15, 0.2) is 0 Å². The molecule has 110 valence electrons. The molecule has 5 nitrogen and oxygen atoms in total. The molecule has 6 heteroatoms. The number of hydrogen-bond donors (Lipinski definition) is 3. The molecule has 2 amide bonds. The number of hydrogen-bond acceptors (Lipinski definition) is 3. The predicted octanol–water partition coefficient (Wildman–Crippen LogP) is 1.40. The molecule has 20 heavy (non-hydrogen) atoms. The van der Waals surface area contributed by atoms with Crippen LogP contribution in [0.3, 0.4) is 0 Å². The van der Waals surface area contributed by atoms with E-state index in [0.29, 0.717) is 12.2 Å². The first-order valence-electron chi connectivity index (χ1n) is 6.85. The Balaban J connectivity index is 1.93. The van der Waals surface area contributed by atoms with Crippen molar-refractivity contribution in [2.75, 3.05) is 31.6 Å². The molecule has 0 bridgehead atoms. The van der Waals surface area contributed by atoms with E-state index in [9.17, 15) is 9.18 Å². The maximum atomic E-state index is 12.8. The molecule has 0 saturated carbocycles. The standard InChI is InChI=1S/C14H20FN3O2/c15-11-3-5-12(6-4-11)17-14(20)18(8-9-19)10-13-2-1-7-16-13/h3-6,13,16,19H,1-2,7-10H2,(H,17,20). The highest BCUT2D eigenvalue weighted by atomic mass is 19.1. The van der Waals surface area contributed by atoms with Crippen molar-refractivity contribution in [3.05, 3.63) is 30.1 Å². The maximum Gasteiger partial charge on any atom is 0.321 e. The molecule has 1 aromatic rings. The second-order valence-electron chi connectivity index (χ2n) is 4.90. The van der Waals surface area contributed by atoms with Crippen LogP contribution in [-0.4, -0.2) is 48.3 Å². The average molecular weight is 281 g/mol.